The molecule has 1 aliphatic heterocycles. The van der Waals surface area contributed by atoms with E-state index in [1.54, 1.807) is 6.20 Å². The molecule has 1 amide bonds. The SMILES string of the molecule is NC[C@@H]1CN(C(=O)c2cnn(Cc3ccccc3)c2)C[C@H]1c1ccccc1. The first kappa shape index (κ1) is 17.5. The van der Waals surface area contributed by atoms with Gasteiger partial charge in [0.05, 0.1) is 18.3 Å². The van der Waals surface area contributed by atoms with Crippen LogP contribution in [0.15, 0.2) is 73.1 Å². The lowest BCUT2D eigenvalue weighted by atomic mass is 9.89. The first-order valence-corrected chi connectivity index (χ1v) is 9.35. The van der Waals surface area contributed by atoms with E-state index in [0.717, 1.165) is 5.56 Å². The molecule has 3 aromatic rings. The van der Waals surface area contributed by atoms with Crippen LogP contribution in [0, 0.1) is 5.92 Å². The van der Waals surface area contributed by atoms with Crippen molar-refractivity contribution in [2.75, 3.05) is 19.6 Å². The predicted octanol–water partition coefficient (Wildman–Crippen LogP) is 2.75. The number of nitrogens with zero attached hydrogens (tertiary/aromatic N) is 3. The zero-order valence-electron chi connectivity index (χ0n) is 15.2. The van der Waals surface area contributed by atoms with Crippen LogP contribution >= 0.6 is 0 Å². The first-order chi connectivity index (χ1) is 13.2. The number of likely N-dealkylation sites (tertiary alicyclic amines) is 1. The van der Waals surface area contributed by atoms with Crippen molar-refractivity contribution in [2.45, 2.75) is 12.5 Å². The summed E-state index contributed by atoms with van der Waals surface area (Å²) in [4.78, 5) is 14.9. The van der Waals surface area contributed by atoms with E-state index in [1.165, 1.54) is 5.56 Å². The van der Waals surface area contributed by atoms with Gasteiger partial charge in [-0.25, -0.2) is 0 Å². The Labute approximate surface area is 159 Å². The minimum Gasteiger partial charge on any atom is -0.338 e. The van der Waals surface area contributed by atoms with Gasteiger partial charge in [0, 0.05) is 25.2 Å². The van der Waals surface area contributed by atoms with Crippen LogP contribution in [0.4, 0.5) is 0 Å². The summed E-state index contributed by atoms with van der Waals surface area (Å²) in [5.74, 6) is 0.612. The minimum absolute atomic E-state index is 0.0335. The van der Waals surface area contributed by atoms with E-state index < -0.39 is 0 Å². The highest BCUT2D eigenvalue weighted by atomic mass is 16.2. The van der Waals surface area contributed by atoms with Crippen LogP contribution < -0.4 is 5.73 Å². The highest BCUT2D eigenvalue weighted by molar-refractivity contribution is 5.94. The van der Waals surface area contributed by atoms with Crippen molar-refractivity contribution in [2.24, 2.45) is 11.7 Å². The Morgan fingerprint density at radius 3 is 2.44 bits per heavy atom. The monoisotopic (exact) mass is 360 g/mol. The van der Waals surface area contributed by atoms with Crippen molar-refractivity contribution in [1.82, 2.24) is 14.7 Å². The van der Waals surface area contributed by atoms with Gasteiger partial charge in [0.2, 0.25) is 0 Å². The molecule has 0 radical (unpaired) electrons. The van der Waals surface area contributed by atoms with Crippen molar-refractivity contribution in [3.63, 3.8) is 0 Å². The van der Waals surface area contributed by atoms with Gasteiger partial charge in [-0.2, -0.15) is 5.10 Å². The molecule has 1 aromatic heterocycles. The first-order valence-electron chi connectivity index (χ1n) is 9.35. The van der Waals surface area contributed by atoms with Crippen LogP contribution in [0.3, 0.4) is 0 Å². The van der Waals surface area contributed by atoms with Gasteiger partial charge < -0.3 is 10.6 Å². The third-order valence-corrected chi connectivity index (χ3v) is 5.33. The lowest BCUT2D eigenvalue weighted by Gasteiger charge is -2.16. The third-order valence-electron chi connectivity index (χ3n) is 5.33. The van der Waals surface area contributed by atoms with E-state index in [2.05, 4.69) is 29.4 Å². The summed E-state index contributed by atoms with van der Waals surface area (Å²) in [5.41, 5.74) is 9.05. The van der Waals surface area contributed by atoms with Crippen molar-refractivity contribution in [3.8, 4) is 0 Å². The average molecular weight is 360 g/mol. The quantitative estimate of drug-likeness (QED) is 0.761. The second-order valence-electron chi connectivity index (χ2n) is 7.14. The number of hydrogen-bond acceptors (Lipinski definition) is 3. The summed E-state index contributed by atoms with van der Waals surface area (Å²) in [6.45, 7) is 2.64. The molecule has 5 heteroatoms. The number of nitrogens with two attached hydrogens (primary N) is 1. The molecule has 138 valence electrons. The summed E-state index contributed by atoms with van der Waals surface area (Å²) >= 11 is 0. The van der Waals surface area contributed by atoms with Crippen LogP contribution in [-0.2, 0) is 6.54 Å². The molecule has 2 aromatic carbocycles. The van der Waals surface area contributed by atoms with E-state index in [1.807, 2.05) is 52.2 Å². The zero-order chi connectivity index (χ0) is 18.6. The number of benzene rings is 2. The number of rotatable bonds is 5. The van der Waals surface area contributed by atoms with Crippen molar-refractivity contribution in [1.29, 1.82) is 0 Å². The summed E-state index contributed by atoms with van der Waals surface area (Å²) in [7, 11) is 0. The van der Waals surface area contributed by atoms with E-state index >= 15 is 0 Å². The maximum atomic E-state index is 13.0. The molecule has 0 spiro atoms. The molecule has 1 fully saturated rings. The van der Waals surface area contributed by atoms with Gasteiger partial charge in [0.15, 0.2) is 0 Å². The Morgan fingerprint density at radius 2 is 1.74 bits per heavy atom. The van der Waals surface area contributed by atoms with Gasteiger partial charge in [0.1, 0.15) is 0 Å². The van der Waals surface area contributed by atoms with Crippen molar-refractivity contribution >= 4 is 5.91 Å². The summed E-state index contributed by atoms with van der Waals surface area (Å²) < 4.78 is 1.81. The average Bonchev–Trinajstić information content (AvgIpc) is 3.36. The minimum atomic E-state index is 0.0335. The van der Waals surface area contributed by atoms with Gasteiger partial charge in [-0.1, -0.05) is 60.7 Å². The summed E-state index contributed by atoms with van der Waals surface area (Å²) in [6, 6.07) is 20.5. The van der Waals surface area contributed by atoms with Gasteiger partial charge in [-0.3, -0.25) is 9.48 Å². The largest absolute Gasteiger partial charge is 0.338 e. The van der Waals surface area contributed by atoms with Gasteiger partial charge in [-0.05, 0) is 23.6 Å². The molecule has 4 rings (SSSR count). The maximum Gasteiger partial charge on any atom is 0.257 e. The lowest BCUT2D eigenvalue weighted by Crippen LogP contribution is -2.29. The normalized spacial score (nSPS) is 19.4. The van der Waals surface area contributed by atoms with Gasteiger partial charge in [0.25, 0.3) is 5.91 Å². The Hall–Kier alpha value is -2.92. The zero-order valence-corrected chi connectivity index (χ0v) is 15.2. The molecule has 1 aliphatic rings. The summed E-state index contributed by atoms with van der Waals surface area (Å²) in [5, 5.41) is 4.36. The standard InChI is InChI=1S/C22H24N4O/c23-11-19-14-25(16-21(19)18-9-5-2-6-10-18)22(27)20-12-24-26(15-20)13-17-7-3-1-4-8-17/h1-10,12,15,19,21H,11,13-14,16,23H2/t19-,21+/m1/s1. The molecular weight excluding hydrogens is 336 g/mol. The van der Waals surface area contributed by atoms with Crippen LogP contribution in [-0.4, -0.2) is 40.2 Å². The Morgan fingerprint density at radius 1 is 1.04 bits per heavy atom. The summed E-state index contributed by atoms with van der Waals surface area (Å²) in [6.07, 6.45) is 3.50. The molecule has 2 N–H and O–H groups in total. The maximum absolute atomic E-state index is 13.0. The molecule has 1 saturated heterocycles. The molecule has 0 unspecified atom stereocenters. The number of amides is 1. The molecule has 2 heterocycles. The van der Waals surface area contributed by atoms with Crippen LogP contribution in [0.25, 0.3) is 0 Å². The third kappa shape index (κ3) is 3.78. The van der Waals surface area contributed by atoms with E-state index in [0.29, 0.717) is 37.7 Å². The highest BCUT2D eigenvalue weighted by Gasteiger charge is 2.35. The molecular formula is C22H24N4O. The molecule has 5 nitrogen and oxygen atoms in total. The van der Waals surface area contributed by atoms with Crippen molar-refractivity contribution in [3.05, 3.63) is 89.7 Å². The number of hydrogen-bond donors (Lipinski definition) is 1. The predicted molar refractivity (Wildman–Crippen MR) is 105 cm³/mol. The van der Waals surface area contributed by atoms with Gasteiger partial charge in [-0.15, -0.1) is 0 Å². The van der Waals surface area contributed by atoms with Crippen LogP contribution in [0.1, 0.15) is 27.4 Å². The second kappa shape index (κ2) is 7.76. The van der Waals surface area contributed by atoms with Crippen molar-refractivity contribution < 1.29 is 4.79 Å². The Bertz CT molecular complexity index is 891. The smallest absolute Gasteiger partial charge is 0.257 e. The van der Waals surface area contributed by atoms with Crippen LogP contribution in [0.2, 0.25) is 0 Å². The molecule has 2 atom stereocenters. The number of aromatic nitrogens is 2. The van der Waals surface area contributed by atoms with E-state index in [9.17, 15) is 4.79 Å². The number of carbonyl (C=O) groups is 1. The molecule has 27 heavy (non-hydrogen) atoms. The second-order valence-corrected chi connectivity index (χ2v) is 7.14. The lowest BCUT2D eigenvalue weighted by molar-refractivity contribution is 0.0786. The Balaban J connectivity index is 1.47. The van der Waals surface area contributed by atoms with Gasteiger partial charge >= 0.3 is 0 Å². The van der Waals surface area contributed by atoms with Crippen LogP contribution in [0.5, 0.6) is 0 Å². The fourth-order valence-corrected chi connectivity index (χ4v) is 3.87. The topological polar surface area (TPSA) is 64.2 Å². The Kier molecular flexibility index (Phi) is 5.03. The highest BCUT2D eigenvalue weighted by Crippen LogP contribution is 2.32. The van der Waals surface area contributed by atoms with E-state index in [-0.39, 0.29) is 11.8 Å². The molecule has 0 bridgehead atoms. The number of carbonyl (C=O) groups excluding carboxylic acids is 1. The molecule has 0 saturated carbocycles. The van der Waals surface area contributed by atoms with E-state index in [4.69, 9.17) is 5.73 Å². The molecule has 0 aliphatic carbocycles. The fraction of sp³-hybridized carbons (Fsp3) is 0.273. The fourth-order valence-electron chi connectivity index (χ4n) is 3.87.